The summed E-state index contributed by atoms with van der Waals surface area (Å²) < 4.78 is 0. The number of aromatic amines is 1. The Morgan fingerprint density at radius 1 is 1.67 bits per heavy atom. The quantitative estimate of drug-likeness (QED) is 0.720. The van der Waals surface area contributed by atoms with Crippen LogP contribution in [0.2, 0.25) is 0 Å². The first kappa shape index (κ1) is 8.84. The maximum Gasteiger partial charge on any atom is 0.307 e. The zero-order valence-corrected chi connectivity index (χ0v) is 7.29. The van der Waals surface area contributed by atoms with Gasteiger partial charge in [-0.25, -0.2) is 0 Å². The predicted octanol–water partition coefficient (Wildman–Crippen LogP) is 1.77. The molecule has 1 rings (SSSR count). The minimum atomic E-state index is -0.788. The van der Waals surface area contributed by atoms with E-state index in [2.05, 4.69) is 18.8 Å². The van der Waals surface area contributed by atoms with E-state index in [4.69, 9.17) is 5.11 Å². The van der Waals surface area contributed by atoms with Gasteiger partial charge in [0.1, 0.15) is 0 Å². The number of aliphatic carboxylic acids is 1. The molecule has 3 heteroatoms. The molecule has 0 bridgehead atoms. The van der Waals surface area contributed by atoms with Crippen LogP contribution in [0, 0.1) is 0 Å². The SMILES string of the molecule is CC(C)c1cc(CC(=O)O)c[nH]1. The van der Waals surface area contributed by atoms with E-state index >= 15 is 0 Å². The van der Waals surface area contributed by atoms with E-state index in [0.29, 0.717) is 5.92 Å². The first-order valence-corrected chi connectivity index (χ1v) is 3.98. The molecule has 0 saturated carbocycles. The summed E-state index contributed by atoms with van der Waals surface area (Å²) in [5, 5.41) is 8.50. The Labute approximate surface area is 71.4 Å². The van der Waals surface area contributed by atoms with E-state index in [1.165, 1.54) is 0 Å². The van der Waals surface area contributed by atoms with Crippen LogP contribution in [0.25, 0.3) is 0 Å². The number of carboxylic acid groups (broad SMARTS) is 1. The molecule has 0 amide bonds. The summed E-state index contributed by atoms with van der Waals surface area (Å²) in [5.41, 5.74) is 1.93. The smallest absolute Gasteiger partial charge is 0.307 e. The molecular formula is C9H13NO2. The Balaban J connectivity index is 2.70. The maximum atomic E-state index is 10.3. The van der Waals surface area contributed by atoms with Crippen molar-refractivity contribution in [2.45, 2.75) is 26.2 Å². The molecule has 12 heavy (non-hydrogen) atoms. The second-order valence-corrected chi connectivity index (χ2v) is 3.19. The van der Waals surface area contributed by atoms with Gasteiger partial charge in [-0.3, -0.25) is 4.79 Å². The Hall–Kier alpha value is -1.25. The molecule has 0 atom stereocenters. The highest BCUT2D eigenvalue weighted by Gasteiger charge is 2.05. The first-order valence-electron chi connectivity index (χ1n) is 3.98. The van der Waals surface area contributed by atoms with Gasteiger partial charge in [0.05, 0.1) is 6.42 Å². The third-order valence-electron chi connectivity index (χ3n) is 1.74. The molecule has 0 saturated heterocycles. The molecule has 0 fully saturated rings. The van der Waals surface area contributed by atoms with Gasteiger partial charge in [-0.05, 0) is 17.5 Å². The standard InChI is InChI=1S/C9H13NO2/c1-6(2)8-3-7(5-10-8)4-9(11)12/h3,5-6,10H,4H2,1-2H3,(H,11,12). The average molecular weight is 167 g/mol. The summed E-state index contributed by atoms with van der Waals surface area (Å²) in [7, 11) is 0. The Kier molecular flexibility index (Phi) is 2.53. The van der Waals surface area contributed by atoms with E-state index in [1.807, 2.05) is 6.07 Å². The molecule has 0 unspecified atom stereocenters. The van der Waals surface area contributed by atoms with Gasteiger partial charge in [-0.2, -0.15) is 0 Å². The van der Waals surface area contributed by atoms with Crippen LogP contribution >= 0.6 is 0 Å². The van der Waals surface area contributed by atoms with Crippen LogP contribution in [0.5, 0.6) is 0 Å². The van der Waals surface area contributed by atoms with Gasteiger partial charge in [-0.1, -0.05) is 13.8 Å². The lowest BCUT2D eigenvalue weighted by Gasteiger charge is -1.97. The summed E-state index contributed by atoms with van der Waals surface area (Å²) in [6.07, 6.45) is 1.85. The van der Waals surface area contributed by atoms with Gasteiger partial charge in [0.15, 0.2) is 0 Å². The largest absolute Gasteiger partial charge is 0.481 e. The maximum absolute atomic E-state index is 10.3. The number of aromatic nitrogens is 1. The van der Waals surface area contributed by atoms with E-state index in [-0.39, 0.29) is 6.42 Å². The van der Waals surface area contributed by atoms with Crippen molar-refractivity contribution in [1.82, 2.24) is 4.98 Å². The molecule has 66 valence electrons. The Bertz CT molecular complexity index is 276. The number of carboxylic acids is 1. The van der Waals surface area contributed by atoms with Gasteiger partial charge < -0.3 is 10.1 Å². The summed E-state index contributed by atoms with van der Waals surface area (Å²) in [4.78, 5) is 13.4. The number of rotatable bonds is 3. The van der Waals surface area contributed by atoms with Crippen LogP contribution in [0.4, 0.5) is 0 Å². The summed E-state index contributed by atoms with van der Waals surface area (Å²) in [5.74, 6) is -0.364. The number of H-pyrrole nitrogens is 1. The van der Waals surface area contributed by atoms with Gasteiger partial charge in [0.25, 0.3) is 0 Å². The molecule has 0 aliphatic rings. The van der Waals surface area contributed by atoms with Crippen molar-refractivity contribution in [3.05, 3.63) is 23.5 Å². The lowest BCUT2D eigenvalue weighted by Crippen LogP contribution is -1.98. The predicted molar refractivity (Wildman–Crippen MR) is 46.2 cm³/mol. The van der Waals surface area contributed by atoms with Crippen LogP contribution in [-0.2, 0) is 11.2 Å². The highest BCUT2D eigenvalue weighted by Crippen LogP contribution is 2.14. The number of nitrogens with one attached hydrogen (secondary N) is 1. The minimum absolute atomic E-state index is 0.100. The van der Waals surface area contributed by atoms with E-state index in [1.54, 1.807) is 6.20 Å². The van der Waals surface area contributed by atoms with Crippen molar-refractivity contribution in [2.75, 3.05) is 0 Å². The van der Waals surface area contributed by atoms with Crippen molar-refractivity contribution >= 4 is 5.97 Å². The molecule has 1 aromatic heterocycles. The van der Waals surface area contributed by atoms with Gasteiger partial charge in [-0.15, -0.1) is 0 Å². The zero-order chi connectivity index (χ0) is 9.14. The first-order chi connectivity index (χ1) is 5.59. The van der Waals surface area contributed by atoms with Crippen molar-refractivity contribution in [2.24, 2.45) is 0 Å². The molecule has 0 radical (unpaired) electrons. The van der Waals surface area contributed by atoms with E-state index < -0.39 is 5.97 Å². The molecule has 0 spiro atoms. The average Bonchev–Trinajstić information content (AvgIpc) is 2.34. The lowest BCUT2D eigenvalue weighted by molar-refractivity contribution is -0.136. The van der Waals surface area contributed by atoms with Crippen molar-refractivity contribution in [1.29, 1.82) is 0 Å². The fourth-order valence-corrected chi connectivity index (χ4v) is 1.07. The molecule has 0 aromatic carbocycles. The second kappa shape index (κ2) is 3.43. The molecule has 2 N–H and O–H groups in total. The van der Waals surface area contributed by atoms with Crippen LogP contribution < -0.4 is 0 Å². The van der Waals surface area contributed by atoms with E-state index in [0.717, 1.165) is 11.3 Å². The van der Waals surface area contributed by atoms with Crippen LogP contribution in [0.3, 0.4) is 0 Å². The minimum Gasteiger partial charge on any atom is -0.481 e. The van der Waals surface area contributed by atoms with E-state index in [9.17, 15) is 4.79 Å². The second-order valence-electron chi connectivity index (χ2n) is 3.19. The lowest BCUT2D eigenvalue weighted by atomic mass is 10.1. The Morgan fingerprint density at radius 2 is 2.33 bits per heavy atom. The molecule has 0 aliphatic carbocycles. The monoisotopic (exact) mass is 167 g/mol. The zero-order valence-electron chi connectivity index (χ0n) is 7.29. The summed E-state index contributed by atoms with van der Waals surface area (Å²) in [6, 6.07) is 1.90. The molecule has 0 aliphatic heterocycles. The van der Waals surface area contributed by atoms with Crippen LogP contribution in [0.15, 0.2) is 12.3 Å². The number of carbonyl (C=O) groups is 1. The summed E-state index contributed by atoms with van der Waals surface area (Å²) in [6.45, 7) is 4.13. The van der Waals surface area contributed by atoms with Gasteiger partial charge in [0.2, 0.25) is 0 Å². The fourth-order valence-electron chi connectivity index (χ4n) is 1.07. The van der Waals surface area contributed by atoms with Crippen molar-refractivity contribution < 1.29 is 9.90 Å². The third kappa shape index (κ3) is 2.12. The summed E-state index contributed by atoms with van der Waals surface area (Å²) >= 11 is 0. The van der Waals surface area contributed by atoms with Crippen molar-refractivity contribution in [3.63, 3.8) is 0 Å². The Morgan fingerprint density at radius 3 is 2.75 bits per heavy atom. The molecule has 3 nitrogen and oxygen atoms in total. The van der Waals surface area contributed by atoms with Gasteiger partial charge >= 0.3 is 5.97 Å². The molecule has 1 aromatic rings. The van der Waals surface area contributed by atoms with Gasteiger partial charge in [0, 0.05) is 11.9 Å². The molecule has 1 heterocycles. The van der Waals surface area contributed by atoms with Crippen molar-refractivity contribution in [3.8, 4) is 0 Å². The third-order valence-corrected chi connectivity index (χ3v) is 1.74. The molecular weight excluding hydrogens is 154 g/mol. The van der Waals surface area contributed by atoms with Crippen LogP contribution in [0.1, 0.15) is 31.0 Å². The highest BCUT2D eigenvalue weighted by atomic mass is 16.4. The fraction of sp³-hybridized carbons (Fsp3) is 0.444. The number of hydrogen-bond donors (Lipinski definition) is 2. The normalized spacial score (nSPS) is 10.6. The highest BCUT2D eigenvalue weighted by molar-refractivity contribution is 5.70. The number of hydrogen-bond acceptors (Lipinski definition) is 1. The van der Waals surface area contributed by atoms with Crippen LogP contribution in [-0.4, -0.2) is 16.1 Å². The topological polar surface area (TPSA) is 53.1 Å².